The summed E-state index contributed by atoms with van der Waals surface area (Å²) in [7, 11) is 0. The summed E-state index contributed by atoms with van der Waals surface area (Å²) in [6.07, 6.45) is 0. The Morgan fingerprint density at radius 1 is 0.862 bits per heavy atom. The number of fused-ring (bicyclic) bond motifs is 4. The van der Waals surface area contributed by atoms with Gasteiger partial charge in [0.25, 0.3) is 5.69 Å². The second-order valence-corrected chi connectivity index (χ2v) is 6.71. The number of aromatic hydroxyl groups is 1. The molecule has 0 bridgehead atoms. The molecule has 0 amide bonds. The van der Waals surface area contributed by atoms with Crippen LogP contribution >= 0.6 is 0 Å². The van der Waals surface area contributed by atoms with Gasteiger partial charge in [0.15, 0.2) is 0 Å². The third-order valence-electron chi connectivity index (χ3n) is 5.06. The van der Waals surface area contributed by atoms with E-state index in [2.05, 4.69) is 0 Å². The molecule has 0 spiro atoms. The van der Waals surface area contributed by atoms with Gasteiger partial charge in [0.05, 0.1) is 10.3 Å². The topological polar surface area (TPSA) is 93.6 Å². The minimum atomic E-state index is -0.494. The molecule has 4 aromatic carbocycles. The molecular formula is C23H13NO5. The second-order valence-electron chi connectivity index (χ2n) is 6.71. The van der Waals surface area contributed by atoms with Crippen molar-refractivity contribution in [2.45, 2.75) is 0 Å². The maximum atomic E-state index is 13.2. The Hall–Kier alpha value is -4.19. The molecular weight excluding hydrogens is 370 g/mol. The predicted molar refractivity (Wildman–Crippen MR) is 111 cm³/mol. The van der Waals surface area contributed by atoms with Crippen LogP contribution < -0.4 is 5.43 Å². The van der Waals surface area contributed by atoms with Crippen molar-refractivity contribution in [3.05, 3.63) is 93.1 Å². The molecule has 0 unspecified atom stereocenters. The van der Waals surface area contributed by atoms with Gasteiger partial charge in [-0.25, -0.2) is 0 Å². The molecule has 6 heteroatoms. The molecule has 5 rings (SSSR count). The van der Waals surface area contributed by atoms with Crippen molar-refractivity contribution in [3.8, 4) is 16.9 Å². The number of nitro groups is 1. The number of phenolic OH excluding ortho intramolecular Hbond substituents is 1. The number of nitrogens with zero attached hydrogens (tertiary/aromatic N) is 1. The molecule has 0 saturated heterocycles. The van der Waals surface area contributed by atoms with Crippen LogP contribution in [0.5, 0.6) is 5.75 Å². The van der Waals surface area contributed by atoms with Crippen LogP contribution in [-0.2, 0) is 0 Å². The van der Waals surface area contributed by atoms with E-state index in [1.165, 1.54) is 12.1 Å². The van der Waals surface area contributed by atoms with Gasteiger partial charge in [-0.05, 0) is 23.8 Å². The number of nitro benzene ring substituents is 1. The molecule has 1 heterocycles. The van der Waals surface area contributed by atoms with Crippen LogP contribution in [0.2, 0.25) is 0 Å². The number of hydrogen-bond donors (Lipinski definition) is 1. The highest BCUT2D eigenvalue weighted by Gasteiger charge is 2.22. The highest BCUT2D eigenvalue weighted by atomic mass is 16.6. The van der Waals surface area contributed by atoms with Gasteiger partial charge in [-0.1, -0.05) is 42.5 Å². The molecule has 1 N–H and O–H groups in total. The average Bonchev–Trinajstić information content (AvgIpc) is 2.74. The third kappa shape index (κ3) is 2.46. The number of benzene rings is 4. The molecule has 1 aromatic heterocycles. The number of phenols is 1. The molecule has 0 atom stereocenters. The SMILES string of the molecule is O=c1c2ccccc2oc2c1c(O)c(-c1ccccc1)c1cc([N+](=O)[O-])ccc12. The monoisotopic (exact) mass is 383 g/mol. The molecule has 0 fully saturated rings. The van der Waals surface area contributed by atoms with Crippen LogP contribution in [0.4, 0.5) is 5.69 Å². The second kappa shape index (κ2) is 6.17. The quantitative estimate of drug-likeness (QED) is 0.191. The largest absolute Gasteiger partial charge is 0.506 e. The van der Waals surface area contributed by atoms with Crippen LogP contribution in [0.25, 0.3) is 43.8 Å². The van der Waals surface area contributed by atoms with Crippen molar-refractivity contribution in [2.75, 3.05) is 0 Å². The lowest BCUT2D eigenvalue weighted by atomic mass is 9.93. The van der Waals surface area contributed by atoms with E-state index in [1.54, 1.807) is 54.6 Å². The highest BCUT2D eigenvalue weighted by molar-refractivity contribution is 6.17. The molecule has 0 radical (unpaired) electrons. The van der Waals surface area contributed by atoms with E-state index in [0.29, 0.717) is 32.9 Å². The molecule has 0 aliphatic carbocycles. The summed E-state index contributed by atoms with van der Waals surface area (Å²) in [6, 6.07) is 20.1. The fraction of sp³-hybridized carbons (Fsp3) is 0. The van der Waals surface area contributed by atoms with Crippen LogP contribution in [-0.4, -0.2) is 10.0 Å². The summed E-state index contributed by atoms with van der Waals surface area (Å²) in [4.78, 5) is 24.0. The molecule has 140 valence electrons. The molecule has 29 heavy (non-hydrogen) atoms. The zero-order valence-electron chi connectivity index (χ0n) is 15.0. The summed E-state index contributed by atoms with van der Waals surface area (Å²) >= 11 is 0. The summed E-state index contributed by atoms with van der Waals surface area (Å²) in [5.74, 6) is -0.251. The number of para-hydroxylation sites is 1. The van der Waals surface area contributed by atoms with Crippen LogP contribution in [0.15, 0.2) is 82.0 Å². The van der Waals surface area contributed by atoms with Gasteiger partial charge in [-0.2, -0.15) is 0 Å². The van der Waals surface area contributed by atoms with Gasteiger partial charge in [0.1, 0.15) is 22.3 Å². The summed E-state index contributed by atoms with van der Waals surface area (Å²) in [5, 5.41) is 23.9. The normalized spacial score (nSPS) is 11.3. The van der Waals surface area contributed by atoms with E-state index in [4.69, 9.17) is 4.42 Å². The van der Waals surface area contributed by atoms with Gasteiger partial charge in [-0.3, -0.25) is 14.9 Å². The number of rotatable bonds is 2. The van der Waals surface area contributed by atoms with Crippen molar-refractivity contribution < 1.29 is 14.4 Å². The molecule has 0 aliphatic rings. The standard InChI is InChI=1S/C23H13NO5/c25-21-16-8-4-5-9-18(16)29-23-15-11-10-14(24(27)28)12-17(15)19(22(26)20(21)23)13-6-2-1-3-7-13/h1-12,26H. The summed E-state index contributed by atoms with van der Waals surface area (Å²) in [6.45, 7) is 0. The van der Waals surface area contributed by atoms with Gasteiger partial charge in [0, 0.05) is 28.5 Å². The Morgan fingerprint density at radius 2 is 1.59 bits per heavy atom. The van der Waals surface area contributed by atoms with E-state index in [-0.39, 0.29) is 27.8 Å². The van der Waals surface area contributed by atoms with E-state index in [1.807, 2.05) is 6.07 Å². The first-order valence-corrected chi connectivity index (χ1v) is 8.90. The maximum Gasteiger partial charge on any atom is 0.270 e. The van der Waals surface area contributed by atoms with Crippen LogP contribution in [0, 0.1) is 10.1 Å². The van der Waals surface area contributed by atoms with Crippen molar-refractivity contribution in [1.29, 1.82) is 0 Å². The number of non-ortho nitro benzene ring substituents is 1. The van der Waals surface area contributed by atoms with Crippen LogP contribution in [0.3, 0.4) is 0 Å². The fourth-order valence-electron chi connectivity index (χ4n) is 3.75. The van der Waals surface area contributed by atoms with Gasteiger partial charge in [0.2, 0.25) is 5.43 Å². The van der Waals surface area contributed by atoms with Crippen molar-refractivity contribution in [3.63, 3.8) is 0 Å². The lowest BCUT2D eigenvalue weighted by Gasteiger charge is -2.13. The summed E-state index contributed by atoms with van der Waals surface area (Å²) < 4.78 is 5.98. The highest BCUT2D eigenvalue weighted by Crippen LogP contribution is 2.43. The Bertz CT molecular complexity index is 1500. The average molecular weight is 383 g/mol. The van der Waals surface area contributed by atoms with E-state index in [0.717, 1.165) is 0 Å². The minimum Gasteiger partial charge on any atom is -0.506 e. The molecule has 6 nitrogen and oxygen atoms in total. The Kier molecular flexibility index (Phi) is 3.61. The lowest BCUT2D eigenvalue weighted by Crippen LogP contribution is -2.03. The minimum absolute atomic E-state index is 0.0592. The first-order chi connectivity index (χ1) is 14.1. The first-order valence-electron chi connectivity index (χ1n) is 8.90. The zero-order chi connectivity index (χ0) is 20.1. The Morgan fingerprint density at radius 3 is 2.34 bits per heavy atom. The van der Waals surface area contributed by atoms with E-state index >= 15 is 0 Å². The van der Waals surface area contributed by atoms with Gasteiger partial charge >= 0.3 is 0 Å². The molecule has 0 aliphatic heterocycles. The van der Waals surface area contributed by atoms with Gasteiger partial charge < -0.3 is 9.52 Å². The van der Waals surface area contributed by atoms with Gasteiger partial charge in [-0.15, -0.1) is 0 Å². The van der Waals surface area contributed by atoms with Crippen molar-refractivity contribution >= 4 is 38.4 Å². The lowest BCUT2D eigenvalue weighted by molar-refractivity contribution is -0.384. The number of hydrogen-bond acceptors (Lipinski definition) is 5. The van der Waals surface area contributed by atoms with E-state index in [9.17, 15) is 20.0 Å². The molecule has 5 aromatic rings. The fourth-order valence-corrected chi connectivity index (χ4v) is 3.75. The molecule has 0 saturated carbocycles. The third-order valence-corrected chi connectivity index (χ3v) is 5.06. The predicted octanol–water partition coefficient (Wildman–Crippen LogP) is 5.38. The maximum absolute atomic E-state index is 13.2. The van der Waals surface area contributed by atoms with E-state index < -0.39 is 4.92 Å². The van der Waals surface area contributed by atoms with Crippen molar-refractivity contribution in [2.24, 2.45) is 0 Å². The van der Waals surface area contributed by atoms with Crippen LogP contribution in [0.1, 0.15) is 0 Å². The Labute approximate surface area is 163 Å². The smallest absolute Gasteiger partial charge is 0.270 e. The first kappa shape index (κ1) is 16.9. The zero-order valence-corrected chi connectivity index (χ0v) is 15.0. The van der Waals surface area contributed by atoms with Crippen molar-refractivity contribution in [1.82, 2.24) is 0 Å². The summed E-state index contributed by atoms with van der Waals surface area (Å²) in [5.41, 5.74) is 1.13. The Balaban J connectivity index is 2.08.